The van der Waals surface area contributed by atoms with Gasteiger partial charge in [-0.3, -0.25) is 9.59 Å². The Morgan fingerprint density at radius 1 is 1.07 bits per heavy atom. The van der Waals surface area contributed by atoms with Gasteiger partial charge in [0.2, 0.25) is 5.91 Å². The number of likely N-dealkylation sites (tertiary alicyclic amines) is 1. The molecule has 0 saturated carbocycles. The molecule has 0 unspecified atom stereocenters. The third-order valence-corrected chi connectivity index (χ3v) is 7.79. The van der Waals surface area contributed by atoms with Gasteiger partial charge in [0.1, 0.15) is 11.4 Å². The minimum atomic E-state index is -0.256. The Morgan fingerprint density at radius 3 is 2.58 bits per heavy atom. The van der Waals surface area contributed by atoms with Crippen molar-refractivity contribution in [3.05, 3.63) is 77.1 Å². The van der Waals surface area contributed by atoms with Crippen LogP contribution < -0.4 is 4.74 Å². The molecule has 1 aliphatic heterocycles. The van der Waals surface area contributed by atoms with Crippen molar-refractivity contribution in [2.24, 2.45) is 5.92 Å². The Bertz CT molecular complexity index is 1530. The first-order valence-electron chi connectivity index (χ1n) is 13.7. The van der Waals surface area contributed by atoms with Gasteiger partial charge in [-0.15, -0.1) is 0 Å². The number of imidazole rings is 1. The maximum absolute atomic E-state index is 13.4. The first-order chi connectivity index (χ1) is 19.4. The van der Waals surface area contributed by atoms with Gasteiger partial charge in [0.05, 0.1) is 31.0 Å². The van der Waals surface area contributed by atoms with Gasteiger partial charge >= 0.3 is 5.97 Å². The largest absolute Gasteiger partial charge is 0.497 e. The molecule has 0 spiro atoms. The number of halogens is 1. The summed E-state index contributed by atoms with van der Waals surface area (Å²) in [7, 11) is 1.64. The zero-order valence-electron chi connectivity index (χ0n) is 23.2. The number of carbonyl (C=O) groups excluding carboxylic acids is 2. The molecule has 0 radical (unpaired) electrons. The summed E-state index contributed by atoms with van der Waals surface area (Å²) in [5, 5.41) is 0.703. The summed E-state index contributed by atoms with van der Waals surface area (Å²) in [6, 6.07) is 17.8. The molecule has 8 heteroatoms. The number of esters is 1. The molecule has 0 bridgehead atoms. The van der Waals surface area contributed by atoms with Crippen molar-refractivity contribution in [3.8, 4) is 28.1 Å². The fourth-order valence-corrected chi connectivity index (χ4v) is 5.69. The standard InChI is InChI=1S/C32H34ClN3O4/c1-4-40-32(38)24-6-5-17-35(19-24)30(37)16-14-28-31(22-7-11-26(39-3)12-8-22)34-29-15-9-23(20-36(28)29)27-13-10-25(33)18-21(27)2/h7-13,15,18,20,24H,4-6,14,16-17,19H2,1-3H3/t24-/m1/s1. The molecule has 2 aromatic carbocycles. The van der Waals surface area contributed by atoms with E-state index < -0.39 is 0 Å². The number of amides is 1. The fraction of sp³-hybridized carbons (Fsp3) is 0.344. The maximum Gasteiger partial charge on any atom is 0.310 e. The molecule has 7 nitrogen and oxygen atoms in total. The number of nitrogens with zero attached hydrogens (tertiary/aromatic N) is 3. The molecule has 1 atom stereocenters. The number of aryl methyl sites for hydroxylation is 2. The summed E-state index contributed by atoms with van der Waals surface area (Å²) >= 11 is 6.21. The van der Waals surface area contributed by atoms with Crippen LogP contribution in [0.4, 0.5) is 0 Å². The average Bonchev–Trinajstić information content (AvgIpc) is 3.33. The van der Waals surface area contributed by atoms with Crippen molar-refractivity contribution in [2.45, 2.75) is 39.5 Å². The smallest absolute Gasteiger partial charge is 0.310 e. The average molecular weight is 560 g/mol. The van der Waals surface area contributed by atoms with Crippen LogP contribution in [0.25, 0.3) is 28.0 Å². The SMILES string of the molecule is CCOC(=O)[C@@H]1CCCN(C(=O)CCc2c(-c3ccc(OC)cc3)nc3ccc(-c4ccc(Cl)cc4C)cn23)C1. The number of ether oxygens (including phenoxy) is 2. The second-order valence-electron chi connectivity index (χ2n) is 10.2. The van der Waals surface area contributed by atoms with Gasteiger partial charge in [-0.25, -0.2) is 4.98 Å². The van der Waals surface area contributed by atoms with Crippen molar-refractivity contribution in [2.75, 3.05) is 26.8 Å². The second-order valence-corrected chi connectivity index (χ2v) is 10.6. The lowest BCUT2D eigenvalue weighted by molar-refractivity contribution is -0.151. The Balaban J connectivity index is 1.47. The number of benzene rings is 2. The van der Waals surface area contributed by atoms with Crippen LogP contribution in [0.2, 0.25) is 5.02 Å². The van der Waals surface area contributed by atoms with Crippen LogP contribution in [0.5, 0.6) is 5.75 Å². The number of hydrogen-bond acceptors (Lipinski definition) is 5. The highest BCUT2D eigenvalue weighted by molar-refractivity contribution is 6.30. The highest BCUT2D eigenvalue weighted by Gasteiger charge is 2.29. The summed E-state index contributed by atoms with van der Waals surface area (Å²) in [5.41, 5.74) is 6.78. The van der Waals surface area contributed by atoms with Crippen molar-refractivity contribution in [3.63, 3.8) is 0 Å². The number of hydrogen-bond donors (Lipinski definition) is 0. The molecule has 40 heavy (non-hydrogen) atoms. The number of methoxy groups -OCH3 is 1. The molecule has 1 fully saturated rings. The van der Waals surface area contributed by atoms with Gasteiger partial charge in [-0.1, -0.05) is 17.7 Å². The molecule has 4 aromatic rings. The Kier molecular flexibility index (Phi) is 8.40. The molecule has 5 rings (SSSR count). The first-order valence-corrected chi connectivity index (χ1v) is 14.1. The molecular weight excluding hydrogens is 526 g/mol. The van der Waals surface area contributed by atoms with E-state index in [0.29, 0.717) is 37.6 Å². The monoisotopic (exact) mass is 559 g/mol. The third-order valence-electron chi connectivity index (χ3n) is 7.55. The topological polar surface area (TPSA) is 73.1 Å². The van der Waals surface area contributed by atoms with E-state index in [2.05, 4.69) is 16.7 Å². The van der Waals surface area contributed by atoms with Gasteiger partial charge in [-0.05, 0) is 98.3 Å². The Labute approximate surface area is 239 Å². The number of piperidine rings is 1. The lowest BCUT2D eigenvalue weighted by atomic mass is 9.97. The highest BCUT2D eigenvalue weighted by atomic mass is 35.5. The summed E-state index contributed by atoms with van der Waals surface area (Å²) in [5.74, 6) is 0.336. The van der Waals surface area contributed by atoms with Crippen molar-refractivity contribution >= 4 is 29.1 Å². The molecular formula is C32H34ClN3O4. The van der Waals surface area contributed by atoms with E-state index in [1.54, 1.807) is 14.0 Å². The number of fused-ring (bicyclic) bond motifs is 1. The van der Waals surface area contributed by atoms with Gasteiger partial charge in [0, 0.05) is 36.3 Å². The predicted octanol–water partition coefficient (Wildman–Crippen LogP) is 6.37. The number of pyridine rings is 1. The van der Waals surface area contributed by atoms with Crippen LogP contribution in [-0.4, -0.2) is 53.0 Å². The van der Waals surface area contributed by atoms with Crippen LogP contribution in [0.1, 0.15) is 37.4 Å². The summed E-state index contributed by atoms with van der Waals surface area (Å²) in [6.07, 6.45) is 4.46. The molecule has 1 saturated heterocycles. The summed E-state index contributed by atoms with van der Waals surface area (Å²) in [4.78, 5) is 32.5. The van der Waals surface area contributed by atoms with Crippen LogP contribution in [0.15, 0.2) is 60.8 Å². The molecule has 208 valence electrons. The van der Waals surface area contributed by atoms with Gasteiger partial charge in [-0.2, -0.15) is 0 Å². The lowest BCUT2D eigenvalue weighted by Gasteiger charge is -2.31. The number of carbonyl (C=O) groups is 2. The highest BCUT2D eigenvalue weighted by Crippen LogP contribution is 2.31. The van der Waals surface area contributed by atoms with Crippen LogP contribution in [0, 0.1) is 12.8 Å². The Hall–Kier alpha value is -3.84. The molecule has 3 heterocycles. The van der Waals surface area contributed by atoms with Gasteiger partial charge in [0.25, 0.3) is 0 Å². The van der Waals surface area contributed by atoms with Crippen molar-refractivity contribution < 1.29 is 19.1 Å². The van der Waals surface area contributed by atoms with Crippen LogP contribution in [-0.2, 0) is 20.7 Å². The van der Waals surface area contributed by atoms with Crippen molar-refractivity contribution in [1.82, 2.24) is 14.3 Å². The minimum Gasteiger partial charge on any atom is -0.497 e. The lowest BCUT2D eigenvalue weighted by Crippen LogP contribution is -2.42. The number of rotatable bonds is 8. The van der Waals surface area contributed by atoms with Crippen molar-refractivity contribution in [1.29, 1.82) is 0 Å². The van der Waals surface area contributed by atoms with Crippen LogP contribution in [0.3, 0.4) is 0 Å². The van der Waals surface area contributed by atoms with Gasteiger partial charge in [0.15, 0.2) is 0 Å². The quantitative estimate of drug-likeness (QED) is 0.234. The molecule has 0 N–H and O–H groups in total. The van der Waals surface area contributed by atoms with E-state index in [4.69, 9.17) is 26.1 Å². The zero-order valence-corrected chi connectivity index (χ0v) is 23.9. The molecule has 1 aliphatic rings. The molecule has 2 aromatic heterocycles. The van der Waals surface area contributed by atoms with E-state index in [9.17, 15) is 9.59 Å². The minimum absolute atomic E-state index is 0.0364. The van der Waals surface area contributed by atoms with E-state index in [0.717, 1.165) is 57.9 Å². The number of aromatic nitrogens is 2. The van der Waals surface area contributed by atoms with Gasteiger partial charge < -0.3 is 18.8 Å². The normalized spacial score (nSPS) is 15.3. The predicted molar refractivity (Wildman–Crippen MR) is 157 cm³/mol. The molecule has 1 amide bonds. The van der Waals surface area contributed by atoms with E-state index >= 15 is 0 Å². The van der Waals surface area contributed by atoms with E-state index in [1.165, 1.54) is 0 Å². The van der Waals surface area contributed by atoms with E-state index in [1.807, 2.05) is 60.4 Å². The second kappa shape index (κ2) is 12.1. The van der Waals surface area contributed by atoms with Crippen LogP contribution >= 0.6 is 11.6 Å². The third kappa shape index (κ3) is 5.85. The summed E-state index contributed by atoms with van der Waals surface area (Å²) < 4.78 is 12.7. The van der Waals surface area contributed by atoms with E-state index in [-0.39, 0.29) is 17.8 Å². The first kappa shape index (κ1) is 27.7. The Morgan fingerprint density at radius 2 is 1.85 bits per heavy atom. The fourth-order valence-electron chi connectivity index (χ4n) is 5.46. The summed E-state index contributed by atoms with van der Waals surface area (Å²) in [6.45, 7) is 5.27. The zero-order chi connectivity index (χ0) is 28.2. The molecule has 0 aliphatic carbocycles. The maximum atomic E-state index is 13.4.